The van der Waals surface area contributed by atoms with Gasteiger partial charge in [0.2, 0.25) is 0 Å². The predicted octanol–water partition coefficient (Wildman–Crippen LogP) is -3.81. The summed E-state index contributed by atoms with van der Waals surface area (Å²) in [5.41, 5.74) is 0. The summed E-state index contributed by atoms with van der Waals surface area (Å²) in [6.07, 6.45) is 1.73. The van der Waals surface area contributed by atoms with Crippen LogP contribution in [0.3, 0.4) is 0 Å². The average molecular weight is 228 g/mol. The molecule has 14 heavy (non-hydrogen) atoms. The van der Waals surface area contributed by atoms with E-state index in [-0.39, 0.29) is 32.2 Å². The van der Waals surface area contributed by atoms with Gasteiger partial charge < -0.3 is 32.2 Å². The second kappa shape index (κ2) is 9.68. The molecule has 0 spiro atoms. The van der Waals surface area contributed by atoms with E-state index in [0.717, 1.165) is 19.4 Å². The quantitative estimate of drug-likeness (QED) is 0.295. The third kappa shape index (κ3) is 7.53. The van der Waals surface area contributed by atoms with Crippen molar-refractivity contribution in [3.63, 3.8) is 0 Å². The second-order valence-electron chi connectivity index (χ2n) is 3.67. The number of likely N-dealkylation sites (N-methyl/N-ethyl adjacent to an activating group) is 1. The first-order valence-corrected chi connectivity index (χ1v) is 4.84. The molecule has 0 unspecified atom stereocenters. The van der Waals surface area contributed by atoms with Gasteiger partial charge in [-0.1, -0.05) is 0 Å². The van der Waals surface area contributed by atoms with E-state index in [4.69, 9.17) is 15.3 Å². The summed E-state index contributed by atoms with van der Waals surface area (Å²) in [6, 6.07) is 0. The molecule has 0 aliphatic rings. The Balaban J connectivity index is 0. The highest BCUT2D eigenvalue weighted by Gasteiger charge is 2.19. The third-order valence-corrected chi connectivity index (χ3v) is 2.39. The molecule has 0 amide bonds. The highest BCUT2D eigenvalue weighted by Crippen LogP contribution is 2.04. The molecule has 0 saturated heterocycles. The van der Waals surface area contributed by atoms with Gasteiger partial charge in [0.1, 0.15) is 13.1 Å². The zero-order valence-electron chi connectivity index (χ0n) is 8.82. The number of hydrogen-bond donors (Lipinski definition) is 3. The minimum absolute atomic E-state index is 0. The molecule has 0 aromatic carbocycles. The molecule has 0 aliphatic carbocycles. The number of quaternary nitrogens is 1. The van der Waals surface area contributed by atoms with E-state index >= 15 is 0 Å². The summed E-state index contributed by atoms with van der Waals surface area (Å²) >= 11 is 0. The van der Waals surface area contributed by atoms with E-state index in [1.807, 2.05) is 7.05 Å². The number of aliphatic hydroxyl groups is 3. The average Bonchev–Trinajstić information content (AvgIpc) is 2.05. The van der Waals surface area contributed by atoms with E-state index in [2.05, 4.69) is 0 Å². The first kappa shape index (κ1) is 16.6. The fourth-order valence-electron chi connectivity index (χ4n) is 1.42. The first-order valence-electron chi connectivity index (χ1n) is 4.84. The number of halogens is 1. The molecule has 0 aromatic rings. The van der Waals surface area contributed by atoms with Crippen molar-refractivity contribution in [2.24, 2.45) is 0 Å². The fraction of sp³-hybridized carbons (Fsp3) is 1.00. The SMILES string of the molecule is C[N+](CCO)(CCO)CCCCO.[Cl-]. The maximum atomic E-state index is 8.84. The van der Waals surface area contributed by atoms with Crippen molar-refractivity contribution in [2.45, 2.75) is 12.8 Å². The van der Waals surface area contributed by atoms with Crippen LogP contribution in [-0.4, -0.2) is 66.3 Å². The summed E-state index contributed by atoms with van der Waals surface area (Å²) in [6.45, 7) is 2.77. The summed E-state index contributed by atoms with van der Waals surface area (Å²) in [4.78, 5) is 0. The molecule has 0 rings (SSSR count). The summed E-state index contributed by atoms with van der Waals surface area (Å²) < 4.78 is 0.688. The van der Waals surface area contributed by atoms with Crippen LogP contribution in [0, 0.1) is 0 Å². The van der Waals surface area contributed by atoms with Gasteiger partial charge in [0, 0.05) is 6.61 Å². The van der Waals surface area contributed by atoms with Gasteiger partial charge in [-0.15, -0.1) is 0 Å². The Morgan fingerprint density at radius 3 is 1.64 bits per heavy atom. The smallest absolute Gasteiger partial charge is 0.102 e. The number of aliphatic hydroxyl groups excluding tert-OH is 3. The van der Waals surface area contributed by atoms with Crippen molar-refractivity contribution in [3.05, 3.63) is 0 Å². The maximum absolute atomic E-state index is 8.84. The van der Waals surface area contributed by atoms with E-state index < -0.39 is 0 Å². The van der Waals surface area contributed by atoms with Gasteiger partial charge in [-0.25, -0.2) is 0 Å². The van der Waals surface area contributed by atoms with E-state index in [1.165, 1.54) is 0 Å². The monoisotopic (exact) mass is 227 g/mol. The Labute approximate surface area is 92.2 Å². The van der Waals surface area contributed by atoms with Crippen LogP contribution in [-0.2, 0) is 0 Å². The fourth-order valence-corrected chi connectivity index (χ4v) is 1.42. The normalized spacial score (nSPS) is 11.1. The van der Waals surface area contributed by atoms with Gasteiger partial charge in [-0.2, -0.15) is 0 Å². The molecule has 0 fully saturated rings. The van der Waals surface area contributed by atoms with Gasteiger partial charge in [0.05, 0.1) is 26.8 Å². The first-order chi connectivity index (χ1) is 6.18. The Kier molecular flexibility index (Phi) is 11.4. The molecule has 0 bridgehead atoms. The van der Waals surface area contributed by atoms with Crippen LogP contribution in [0.2, 0.25) is 0 Å². The summed E-state index contributed by atoms with van der Waals surface area (Å²) in [7, 11) is 2.02. The summed E-state index contributed by atoms with van der Waals surface area (Å²) in [5, 5.41) is 26.3. The van der Waals surface area contributed by atoms with Crippen LogP contribution in [0.5, 0.6) is 0 Å². The van der Waals surface area contributed by atoms with Crippen molar-refractivity contribution >= 4 is 0 Å². The maximum Gasteiger partial charge on any atom is 0.102 e. The predicted molar refractivity (Wildman–Crippen MR) is 51.3 cm³/mol. The van der Waals surface area contributed by atoms with Crippen molar-refractivity contribution in [1.82, 2.24) is 0 Å². The number of rotatable bonds is 8. The van der Waals surface area contributed by atoms with Gasteiger partial charge in [-0.3, -0.25) is 0 Å². The molecule has 88 valence electrons. The lowest BCUT2D eigenvalue weighted by atomic mass is 10.2. The minimum atomic E-state index is 0. The molecule has 5 heteroatoms. The number of hydrogen-bond acceptors (Lipinski definition) is 3. The molecular weight excluding hydrogens is 206 g/mol. The third-order valence-electron chi connectivity index (χ3n) is 2.39. The van der Waals surface area contributed by atoms with Crippen LogP contribution < -0.4 is 12.4 Å². The van der Waals surface area contributed by atoms with Crippen LogP contribution in [0.15, 0.2) is 0 Å². The van der Waals surface area contributed by atoms with Crippen molar-refractivity contribution in [3.8, 4) is 0 Å². The summed E-state index contributed by atoms with van der Waals surface area (Å²) in [5.74, 6) is 0. The molecule has 0 aromatic heterocycles. The topological polar surface area (TPSA) is 60.7 Å². The number of nitrogens with zero attached hydrogens (tertiary/aromatic N) is 1. The van der Waals surface area contributed by atoms with Crippen LogP contribution >= 0.6 is 0 Å². The van der Waals surface area contributed by atoms with E-state index in [0.29, 0.717) is 17.6 Å². The molecular formula is C9H22ClNO3. The van der Waals surface area contributed by atoms with Gasteiger partial charge >= 0.3 is 0 Å². The zero-order chi connectivity index (χ0) is 10.2. The lowest BCUT2D eigenvalue weighted by Gasteiger charge is -2.33. The Morgan fingerprint density at radius 1 is 0.786 bits per heavy atom. The zero-order valence-corrected chi connectivity index (χ0v) is 9.58. The molecule has 0 aliphatic heterocycles. The minimum Gasteiger partial charge on any atom is -1.00 e. The molecule has 0 radical (unpaired) electrons. The lowest BCUT2D eigenvalue weighted by Crippen LogP contribution is -3.00. The molecule has 0 heterocycles. The van der Waals surface area contributed by atoms with Gasteiger partial charge in [0.25, 0.3) is 0 Å². The lowest BCUT2D eigenvalue weighted by molar-refractivity contribution is -0.910. The van der Waals surface area contributed by atoms with Crippen molar-refractivity contribution < 1.29 is 32.2 Å². The number of unbranched alkanes of at least 4 members (excludes halogenated alkanes) is 1. The van der Waals surface area contributed by atoms with Crippen LogP contribution in [0.4, 0.5) is 0 Å². The van der Waals surface area contributed by atoms with Crippen LogP contribution in [0.1, 0.15) is 12.8 Å². The highest BCUT2D eigenvalue weighted by molar-refractivity contribution is 4.42. The Morgan fingerprint density at radius 2 is 1.29 bits per heavy atom. The molecule has 4 nitrogen and oxygen atoms in total. The molecule has 0 saturated carbocycles. The Bertz CT molecular complexity index is 119. The highest BCUT2D eigenvalue weighted by atomic mass is 35.5. The van der Waals surface area contributed by atoms with Crippen molar-refractivity contribution in [1.29, 1.82) is 0 Å². The molecule has 3 N–H and O–H groups in total. The van der Waals surface area contributed by atoms with Gasteiger partial charge in [-0.05, 0) is 12.8 Å². The Hall–Kier alpha value is 0.130. The second-order valence-corrected chi connectivity index (χ2v) is 3.67. The largest absolute Gasteiger partial charge is 1.00 e. The van der Waals surface area contributed by atoms with Crippen molar-refractivity contribution in [2.75, 3.05) is 46.5 Å². The van der Waals surface area contributed by atoms with Crippen LogP contribution in [0.25, 0.3) is 0 Å². The van der Waals surface area contributed by atoms with E-state index in [9.17, 15) is 0 Å². The standard InChI is InChI=1S/C9H22NO3.ClH/c1-10(5-8-12,6-9-13)4-2-3-7-11;/h11-13H,2-9H2,1H3;1H/q+1;/p-1. The van der Waals surface area contributed by atoms with E-state index in [1.54, 1.807) is 0 Å². The van der Waals surface area contributed by atoms with Gasteiger partial charge in [0.15, 0.2) is 0 Å². The molecule has 0 atom stereocenters.